The van der Waals surface area contributed by atoms with Crippen molar-refractivity contribution in [1.82, 2.24) is 0 Å². The maximum atomic E-state index is 10.7. The fraction of sp³-hybridized carbons (Fsp3) is 0.133. The Labute approximate surface area is 144 Å². The summed E-state index contributed by atoms with van der Waals surface area (Å²) in [5.41, 5.74) is 3.10. The molecule has 3 N–H and O–H groups in total. The summed E-state index contributed by atoms with van der Waals surface area (Å²) in [5.74, 6) is 0.779. The van der Waals surface area contributed by atoms with E-state index in [1.54, 1.807) is 12.1 Å². The molecule has 2 aromatic carbocycles. The van der Waals surface area contributed by atoms with E-state index in [4.69, 9.17) is 22.0 Å². The Morgan fingerprint density at radius 1 is 1.17 bits per heavy atom. The van der Waals surface area contributed by atoms with Gasteiger partial charge in [-0.3, -0.25) is 9.79 Å². The van der Waals surface area contributed by atoms with Crippen LogP contribution in [0, 0.1) is 6.92 Å². The Bertz CT molecular complexity index is 713. The number of nitrogens with one attached hydrogen (secondary N) is 1. The number of anilines is 1. The smallest absolute Gasteiger partial charge is 0.404 e. The van der Waals surface area contributed by atoms with Crippen molar-refractivity contribution < 1.29 is 18.9 Å². The second-order valence-corrected chi connectivity index (χ2v) is 7.61. The lowest BCUT2D eigenvalue weighted by atomic mass is 10.2. The lowest BCUT2D eigenvalue weighted by molar-refractivity contribution is 0.283. The second kappa shape index (κ2) is 7.95. The largest absolute Gasteiger partial charge is 0.524 e. The third-order valence-electron chi connectivity index (χ3n) is 2.82. The van der Waals surface area contributed by atoms with Crippen LogP contribution >= 0.6 is 31.8 Å². The molecule has 0 radical (unpaired) electrons. The first kappa shape index (κ1) is 18.0. The predicted octanol–water partition coefficient (Wildman–Crippen LogP) is 4.10. The average molecular weight is 369 g/mol. The first-order chi connectivity index (χ1) is 10.8. The van der Waals surface area contributed by atoms with Crippen LogP contribution in [0.2, 0.25) is 0 Å². The van der Waals surface area contributed by atoms with Crippen molar-refractivity contribution in [2.24, 2.45) is 0 Å². The van der Waals surface area contributed by atoms with Crippen LogP contribution in [0.15, 0.2) is 48.5 Å². The van der Waals surface area contributed by atoms with E-state index < -0.39 is 7.82 Å². The molecule has 0 aromatic heterocycles. The van der Waals surface area contributed by atoms with Gasteiger partial charge in [-0.2, -0.15) is 0 Å². The van der Waals surface area contributed by atoms with Gasteiger partial charge in [0.25, 0.3) is 0 Å². The van der Waals surface area contributed by atoms with Crippen LogP contribution < -0.4 is 9.84 Å². The minimum absolute atomic E-state index is 0.132. The molecule has 0 aliphatic heterocycles. The monoisotopic (exact) mass is 369 g/mol. The fourth-order valence-electron chi connectivity index (χ4n) is 1.72. The zero-order valence-corrected chi connectivity index (χ0v) is 14.8. The summed E-state index contributed by atoms with van der Waals surface area (Å²) in [6.07, 6.45) is 0. The van der Waals surface area contributed by atoms with Crippen LogP contribution in [-0.2, 0) is 10.3 Å². The lowest BCUT2D eigenvalue weighted by Crippen LogP contribution is -2.04. The normalized spacial score (nSPS) is 11.1. The van der Waals surface area contributed by atoms with E-state index in [1.165, 1.54) is 29.5 Å². The molecule has 2 rings (SSSR count). The molecule has 0 spiro atoms. The molecule has 0 amide bonds. The van der Waals surface area contributed by atoms with E-state index in [1.807, 2.05) is 31.2 Å². The summed E-state index contributed by atoms with van der Waals surface area (Å²) in [4.78, 5) is 17.5. The van der Waals surface area contributed by atoms with Crippen molar-refractivity contribution in [3.05, 3.63) is 59.7 Å². The van der Waals surface area contributed by atoms with Gasteiger partial charge < -0.3 is 9.84 Å². The molecule has 2 aromatic rings. The number of rotatable bonds is 5. The molecule has 0 saturated heterocycles. The predicted molar refractivity (Wildman–Crippen MR) is 97.8 cm³/mol. The number of hydrogen-bond acceptors (Lipinski definition) is 4. The highest BCUT2D eigenvalue weighted by Gasteiger charge is 2.15. The number of hydrogen-bond donors (Lipinski definition) is 3. The molecule has 0 heterocycles. The van der Waals surface area contributed by atoms with Crippen LogP contribution in [0.25, 0.3) is 0 Å². The molecular weight excluding hydrogens is 353 g/mol. The fourth-order valence-corrected chi connectivity index (χ4v) is 3.09. The maximum absolute atomic E-state index is 10.7. The number of benzene rings is 2. The standard InChI is InChI=1S/C15H16NO4PS2/c1-11-2-6-13(7-3-11)16-15(22)23-10-12-4-8-14(9-5-12)20-21(17,18)19/h2-9H,10H2,1H3,(H,16,22)(H2,17,18,19). The van der Waals surface area contributed by atoms with E-state index >= 15 is 0 Å². The summed E-state index contributed by atoms with van der Waals surface area (Å²) < 4.78 is 15.9. The van der Waals surface area contributed by atoms with Gasteiger partial charge in [-0.1, -0.05) is 53.8 Å². The molecule has 122 valence electrons. The van der Waals surface area contributed by atoms with Gasteiger partial charge in [-0.05, 0) is 36.8 Å². The number of phosphoric acid groups is 1. The van der Waals surface area contributed by atoms with Crippen LogP contribution in [-0.4, -0.2) is 14.1 Å². The Kier molecular flexibility index (Phi) is 6.21. The van der Waals surface area contributed by atoms with Crippen molar-refractivity contribution in [2.45, 2.75) is 12.7 Å². The molecular formula is C15H16NO4PS2. The summed E-state index contributed by atoms with van der Waals surface area (Å²) in [5, 5.41) is 3.15. The first-order valence-electron chi connectivity index (χ1n) is 6.66. The van der Waals surface area contributed by atoms with E-state index in [2.05, 4.69) is 9.84 Å². The quantitative estimate of drug-likeness (QED) is 0.541. The third-order valence-corrected chi connectivity index (χ3v) is 4.56. The molecule has 0 unspecified atom stereocenters. The highest BCUT2D eigenvalue weighted by molar-refractivity contribution is 8.22. The Balaban J connectivity index is 1.84. The molecule has 23 heavy (non-hydrogen) atoms. The van der Waals surface area contributed by atoms with Gasteiger partial charge in [0.2, 0.25) is 0 Å². The van der Waals surface area contributed by atoms with Crippen LogP contribution in [0.5, 0.6) is 5.75 Å². The molecule has 8 heteroatoms. The van der Waals surface area contributed by atoms with Crippen LogP contribution in [0.1, 0.15) is 11.1 Å². The zero-order chi connectivity index (χ0) is 16.9. The van der Waals surface area contributed by atoms with E-state index in [-0.39, 0.29) is 5.75 Å². The zero-order valence-electron chi connectivity index (χ0n) is 12.3. The van der Waals surface area contributed by atoms with Crippen LogP contribution in [0.3, 0.4) is 0 Å². The average Bonchev–Trinajstić information content (AvgIpc) is 2.47. The summed E-state index contributed by atoms with van der Waals surface area (Å²) >= 11 is 6.76. The van der Waals surface area contributed by atoms with Gasteiger partial charge in [-0.25, -0.2) is 4.57 Å². The Hall–Kier alpha value is -1.37. The van der Waals surface area contributed by atoms with E-state index in [9.17, 15) is 4.57 Å². The molecule has 0 atom stereocenters. The van der Waals surface area contributed by atoms with Gasteiger partial charge in [0.05, 0.1) is 0 Å². The lowest BCUT2D eigenvalue weighted by Gasteiger charge is -2.09. The highest BCUT2D eigenvalue weighted by Crippen LogP contribution is 2.37. The summed E-state index contributed by atoms with van der Waals surface area (Å²) in [6, 6.07) is 14.5. The maximum Gasteiger partial charge on any atom is 0.524 e. The Morgan fingerprint density at radius 2 is 1.78 bits per heavy atom. The summed E-state index contributed by atoms with van der Waals surface area (Å²) in [6.45, 7) is 2.02. The molecule has 0 bridgehead atoms. The second-order valence-electron chi connectivity index (χ2n) is 4.79. The van der Waals surface area contributed by atoms with E-state index in [0.717, 1.165) is 11.3 Å². The van der Waals surface area contributed by atoms with Gasteiger partial charge in [-0.15, -0.1) is 0 Å². The highest BCUT2D eigenvalue weighted by atomic mass is 32.2. The number of thiocarbonyl (C=S) groups is 1. The molecule has 5 nitrogen and oxygen atoms in total. The number of aryl methyl sites for hydroxylation is 1. The van der Waals surface area contributed by atoms with Crippen molar-refractivity contribution in [2.75, 3.05) is 5.32 Å². The summed E-state index contributed by atoms with van der Waals surface area (Å²) in [7, 11) is -4.51. The minimum atomic E-state index is -4.51. The topological polar surface area (TPSA) is 78.8 Å². The third kappa shape index (κ3) is 6.72. The number of thioether (sulfide) groups is 1. The van der Waals surface area contributed by atoms with Crippen LogP contribution in [0.4, 0.5) is 5.69 Å². The number of phosphoric ester groups is 1. The van der Waals surface area contributed by atoms with Gasteiger partial charge in [0, 0.05) is 11.4 Å². The van der Waals surface area contributed by atoms with Gasteiger partial charge in [0.1, 0.15) is 10.1 Å². The van der Waals surface area contributed by atoms with Crippen molar-refractivity contribution in [1.29, 1.82) is 0 Å². The SMILES string of the molecule is Cc1ccc(NC(=S)SCc2ccc(OP(=O)(O)O)cc2)cc1. The van der Waals surface area contributed by atoms with Gasteiger partial charge >= 0.3 is 7.82 Å². The van der Waals surface area contributed by atoms with Crippen molar-refractivity contribution in [3.63, 3.8) is 0 Å². The molecule has 0 saturated carbocycles. The molecule has 0 fully saturated rings. The van der Waals surface area contributed by atoms with E-state index in [0.29, 0.717) is 10.1 Å². The molecule has 0 aliphatic carbocycles. The van der Waals surface area contributed by atoms with Crippen molar-refractivity contribution >= 4 is 41.8 Å². The Morgan fingerprint density at radius 3 is 2.35 bits per heavy atom. The van der Waals surface area contributed by atoms with Crippen molar-refractivity contribution in [3.8, 4) is 5.75 Å². The van der Waals surface area contributed by atoms with Gasteiger partial charge in [0.15, 0.2) is 0 Å². The molecule has 0 aliphatic rings. The minimum Gasteiger partial charge on any atom is -0.404 e. The first-order valence-corrected chi connectivity index (χ1v) is 9.59.